The second-order valence-electron chi connectivity index (χ2n) is 2.22. The highest BCUT2D eigenvalue weighted by Crippen LogP contribution is 2.23. The summed E-state index contributed by atoms with van der Waals surface area (Å²) >= 11 is 8.09. The number of aromatic nitrogens is 2. The monoisotopic (exact) mass is 278 g/mol. The van der Waals surface area contributed by atoms with Crippen molar-refractivity contribution in [3.8, 4) is 0 Å². The molecule has 0 unspecified atom stereocenters. The van der Waals surface area contributed by atoms with Crippen molar-refractivity contribution in [1.29, 1.82) is 0 Å². The molecular weight excluding hydrogens is 274 g/mol. The molecule has 0 spiro atoms. The number of aromatic amines is 1. The van der Waals surface area contributed by atoms with Gasteiger partial charge in [-0.15, -0.1) is 0 Å². The standard InChI is InChI=1S/C7H4ClIN2/c8-5-2-7-4(1-6(5)9)3-10-11-7/h1-3H,(H,10,11). The summed E-state index contributed by atoms with van der Waals surface area (Å²) in [4.78, 5) is 0. The van der Waals surface area contributed by atoms with Crippen LogP contribution >= 0.6 is 34.2 Å². The first-order chi connectivity index (χ1) is 5.27. The van der Waals surface area contributed by atoms with Crippen LogP contribution in [0.15, 0.2) is 18.3 Å². The van der Waals surface area contributed by atoms with E-state index in [9.17, 15) is 0 Å². The van der Waals surface area contributed by atoms with Crippen LogP contribution in [0.5, 0.6) is 0 Å². The minimum Gasteiger partial charge on any atom is -0.278 e. The average Bonchev–Trinajstić information content (AvgIpc) is 2.36. The van der Waals surface area contributed by atoms with Crippen molar-refractivity contribution >= 4 is 45.1 Å². The molecule has 2 nitrogen and oxygen atoms in total. The molecular formula is C7H4ClIN2. The lowest BCUT2D eigenvalue weighted by Gasteiger charge is -1.93. The Balaban J connectivity index is 2.86. The number of hydrogen-bond acceptors (Lipinski definition) is 1. The van der Waals surface area contributed by atoms with E-state index in [1.807, 2.05) is 12.1 Å². The van der Waals surface area contributed by atoms with E-state index in [0.29, 0.717) is 0 Å². The highest BCUT2D eigenvalue weighted by molar-refractivity contribution is 14.1. The summed E-state index contributed by atoms with van der Waals surface area (Å²) in [7, 11) is 0. The predicted octanol–water partition coefficient (Wildman–Crippen LogP) is 2.82. The molecule has 2 rings (SSSR count). The van der Waals surface area contributed by atoms with Crippen molar-refractivity contribution in [3.63, 3.8) is 0 Å². The molecule has 4 heteroatoms. The summed E-state index contributed by atoms with van der Waals surface area (Å²) in [5, 5.41) is 8.61. The average molecular weight is 278 g/mol. The van der Waals surface area contributed by atoms with Gasteiger partial charge in [0.2, 0.25) is 0 Å². The molecule has 0 atom stereocenters. The van der Waals surface area contributed by atoms with Crippen molar-refractivity contribution in [3.05, 3.63) is 26.9 Å². The topological polar surface area (TPSA) is 28.7 Å². The molecule has 56 valence electrons. The number of benzene rings is 1. The van der Waals surface area contributed by atoms with E-state index in [-0.39, 0.29) is 0 Å². The molecule has 11 heavy (non-hydrogen) atoms. The van der Waals surface area contributed by atoms with Gasteiger partial charge < -0.3 is 0 Å². The van der Waals surface area contributed by atoms with Gasteiger partial charge in [0.1, 0.15) is 0 Å². The third-order valence-corrected chi connectivity index (χ3v) is 3.01. The van der Waals surface area contributed by atoms with Gasteiger partial charge in [-0.05, 0) is 34.7 Å². The van der Waals surface area contributed by atoms with E-state index in [0.717, 1.165) is 19.5 Å². The second kappa shape index (κ2) is 2.64. The molecule has 0 saturated carbocycles. The highest BCUT2D eigenvalue weighted by Gasteiger charge is 2.00. The largest absolute Gasteiger partial charge is 0.278 e. The number of H-pyrrole nitrogens is 1. The third kappa shape index (κ3) is 1.22. The number of fused-ring (bicyclic) bond motifs is 1. The van der Waals surface area contributed by atoms with Crippen LogP contribution in [0.2, 0.25) is 5.02 Å². The SMILES string of the molecule is Clc1cc2[nH]ncc2cc1I. The number of nitrogens with zero attached hydrogens (tertiary/aromatic N) is 1. The van der Waals surface area contributed by atoms with Crippen molar-refractivity contribution in [2.45, 2.75) is 0 Å². The Morgan fingerprint density at radius 1 is 1.45 bits per heavy atom. The summed E-state index contributed by atoms with van der Waals surface area (Å²) in [6.07, 6.45) is 1.79. The first-order valence-electron chi connectivity index (χ1n) is 3.05. The Bertz CT molecular complexity index is 360. The van der Waals surface area contributed by atoms with Crippen molar-refractivity contribution in [2.24, 2.45) is 0 Å². The Labute approximate surface area is 82.1 Å². The molecule has 2 aromatic rings. The smallest absolute Gasteiger partial charge is 0.0665 e. The van der Waals surface area contributed by atoms with Crippen LogP contribution in [-0.2, 0) is 0 Å². The van der Waals surface area contributed by atoms with Crippen LogP contribution in [-0.4, -0.2) is 10.2 Å². The molecule has 1 aromatic carbocycles. The Morgan fingerprint density at radius 3 is 3.09 bits per heavy atom. The third-order valence-electron chi connectivity index (χ3n) is 1.48. The van der Waals surface area contributed by atoms with Gasteiger partial charge in [0.25, 0.3) is 0 Å². The maximum Gasteiger partial charge on any atom is 0.0665 e. The number of hydrogen-bond donors (Lipinski definition) is 1. The molecule has 0 aliphatic heterocycles. The summed E-state index contributed by atoms with van der Waals surface area (Å²) in [5.41, 5.74) is 0.982. The van der Waals surface area contributed by atoms with Gasteiger partial charge in [0.15, 0.2) is 0 Å². The van der Waals surface area contributed by atoms with Crippen LogP contribution < -0.4 is 0 Å². The minimum absolute atomic E-state index is 0.766. The van der Waals surface area contributed by atoms with E-state index >= 15 is 0 Å². The molecule has 1 aromatic heterocycles. The quantitative estimate of drug-likeness (QED) is 0.738. The van der Waals surface area contributed by atoms with Gasteiger partial charge in [0, 0.05) is 8.96 Å². The number of nitrogens with one attached hydrogen (secondary N) is 1. The molecule has 0 aliphatic carbocycles. The maximum absolute atomic E-state index is 5.89. The molecule has 0 radical (unpaired) electrons. The van der Waals surface area contributed by atoms with Gasteiger partial charge in [-0.2, -0.15) is 5.10 Å². The molecule has 0 bridgehead atoms. The lowest BCUT2D eigenvalue weighted by atomic mass is 10.3. The minimum atomic E-state index is 0.766. The zero-order chi connectivity index (χ0) is 7.84. The highest BCUT2D eigenvalue weighted by atomic mass is 127. The fraction of sp³-hybridized carbons (Fsp3) is 0. The van der Waals surface area contributed by atoms with E-state index in [1.54, 1.807) is 6.20 Å². The van der Waals surface area contributed by atoms with Crippen LogP contribution in [0.1, 0.15) is 0 Å². The van der Waals surface area contributed by atoms with Crippen LogP contribution in [0.3, 0.4) is 0 Å². The number of rotatable bonds is 0. The van der Waals surface area contributed by atoms with Gasteiger partial charge in [-0.3, -0.25) is 5.10 Å². The zero-order valence-corrected chi connectivity index (χ0v) is 8.35. The maximum atomic E-state index is 5.89. The lowest BCUT2D eigenvalue weighted by molar-refractivity contribution is 1.12. The van der Waals surface area contributed by atoms with Gasteiger partial charge in [-0.25, -0.2) is 0 Å². The van der Waals surface area contributed by atoms with Gasteiger partial charge in [-0.1, -0.05) is 11.6 Å². The first-order valence-corrected chi connectivity index (χ1v) is 4.51. The van der Waals surface area contributed by atoms with Crippen LogP contribution in [0, 0.1) is 3.57 Å². The molecule has 0 saturated heterocycles. The van der Waals surface area contributed by atoms with Gasteiger partial charge in [0.05, 0.1) is 16.7 Å². The second-order valence-corrected chi connectivity index (χ2v) is 3.79. The van der Waals surface area contributed by atoms with Crippen molar-refractivity contribution in [2.75, 3.05) is 0 Å². The fourth-order valence-electron chi connectivity index (χ4n) is 0.937. The van der Waals surface area contributed by atoms with Gasteiger partial charge >= 0.3 is 0 Å². The predicted molar refractivity (Wildman–Crippen MR) is 53.8 cm³/mol. The summed E-state index contributed by atoms with van der Waals surface area (Å²) in [5.74, 6) is 0. The van der Waals surface area contributed by atoms with Crippen molar-refractivity contribution in [1.82, 2.24) is 10.2 Å². The molecule has 0 amide bonds. The van der Waals surface area contributed by atoms with Crippen LogP contribution in [0.4, 0.5) is 0 Å². The Hall–Kier alpha value is -0.290. The molecule has 1 N–H and O–H groups in total. The first kappa shape index (κ1) is 7.36. The van der Waals surface area contributed by atoms with E-state index < -0.39 is 0 Å². The lowest BCUT2D eigenvalue weighted by Crippen LogP contribution is -1.74. The van der Waals surface area contributed by atoms with E-state index in [4.69, 9.17) is 11.6 Å². The molecule has 0 aliphatic rings. The zero-order valence-electron chi connectivity index (χ0n) is 5.44. The fourth-order valence-corrected chi connectivity index (χ4v) is 1.59. The number of halogens is 2. The molecule has 1 heterocycles. The van der Waals surface area contributed by atoms with Crippen molar-refractivity contribution < 1.29 is 0 Å². The molecule has 0 fully saturated rings. The Morgan fingerprint density at radius 2 is 2.27 bits per heavy atom. The summed E-state index contributed by atoms with van der Waals surface area (Å²) < 4.78 is 1.05. The summed E-state index contributed by atoms with van der Waals surface area (Å²) in [6, 6.07) is 3.88. The normalized spacial score (nSPS) is 10.7. The Kier molecular flexibility index (Phi) is 1.77. The summed E-state index contributed by atoms with van der Waals surface area (Å²) in [6.45, 7) is 0. The van der Waals surface area contributed by atoms with E-state index in [1.165, 1.54) is 0 Å². The van der Waals surface area contributed by atoms with Crippen LogP contribution in [0.25, 0.3) is 10.9 Å². The van der Waals surface area contributed by atoms with E-state index in [2.05, 4.69) is 32.8 Å².